The van der Waals surface area contributed by atoms with Crippen molar-refractivity contribution in [3.05, 3.63) is 65.0 Å². The van der Waals surface area contributed by atoms with Gasteiger partial charge in [-0.2, -0.15) is 0 Å². The number of fused-ring (bicyclic) bond motifs is 1. The quantitative estimate of drug-likeness (QED) is 0.800. The summed E-state index contributed by atoms with van der Waals surface area (Å²) in [6, 6.07) is 10.0. The average molecular weight is 341 g/mol. The molecule has 2 aromatic carbocycles. The van der Waals surface area contributed by atoms with Gasteiger partial charge in [0.2, 0.25) is 5.91 Å². The van der Waals surface area contributed by atoms with Gasteiger partial charge in [0.1, 0.15) is 5.82 Å². The molecule has 0 radical (unpaired) electrons. The summed E-state index contributed by atoms with van der Waals surface area (Å²) in [6.07, 6.45) is 3.88. The van der Waals surface area contributed by atoms with Crippen molar-refractivity contribution in [1.82, 2.24) is 4.90 Å². The first kappa shape index (κ1) is 17.0. The molecule has 2 aromatic rings. The molecular formula is C20H20FNO3. The second kappa shape index (κ2) is 7.38. The van der Waals surface area contributed by atoms with Crippen molar-refractivity contribution in [3.8, 4) is 11.5 Å². The van der Waals surface area contributed by atoms with Crippen LogP contribution < -0.4 is 9.47 Å². The summed E-state index contributed by atoms with van der Waals surface area (Å²) in [4.78, 5) is 14.2. The van der Waals surface area contributed by atoms with Crippen molar-refractivity contribution in [3.63, 3.8) is 0 Å². The molecule has 25 heavy (non-hydrogen) atoms. The number of carbonyl (C=O) groups excluding carboxylic acids is 1. The van der Waals surface area contributed by atoms with Gasteiger partial charge in [-0.25, -0.2) is 4.39 Å². The molecule has 130 valence electrons. The number of methoxy groups -OCH3 is 2. The van der Waals surface area contributed by atoms with Crippen molar-refractivity contribution in [2.24, 2.45) is 0 Å². The van der Waals surface area contributed by atoms with Crippen molar-refractivity contribution in [2.45, 2.75) is 13.0 Å². The number of rotatable bonds is 4. The third kappa shape index (κ3) is 3.82. The summed E-state index contributed by atoms with van der Waals surface area (Å²) in [6.45, 7) is 1.15. The third-order valence-electron chi connectivity index (χ3n) is 4.30. The number of hydrogen-bond donors (Lipinski definition) is 0. The van der Waals surface area contributed by atoms with Crippen LogP contribution >= 0.6 is 0 Å². The van der Waals surface area contributed by atoms with E-state index in [4.69, 9.17) is 9.47 Å². The first-order valence-electron chi connectivity index (χ1n) is 8.07. The van der Waals surface area contributed by atoms with E-state index in [9.17, 15) is 9.18 Å². The summed E-state index contributed by atoms with van der Waals surface area (Å²) >= 11 is 0. The molecule has 0 atom stereocenters. The number of benzene rings is 2. The second-order valence-electron chi connectivity index (χ2n) is 5.87. The summed E-state index contributed by atoms with van der Waals surface area (Å²) in [7, 11) is 3.21. The number of hydrogen-bond acceptors (Lipinski definition) is 3. The number of halogens is 1. The predicted molar refractivity (Wildman–Crippen MR) is 94.1 cm³/mol. The van der Waals surface area contributed by atoms with E-state index in [1.165, 1.54) is 18.2 Å². The molecule has 1 aliphatic rings. The highest BCUT2D eigenvalue weighted by molar-refractivity contribution is 5.92. The molecule has 1 aliphatic heterocycles. The molecule has 0 saturated carbocycles. The first-order chi connectivity index (χ1) is 12.1. The largest absolute Gasteiger partial charge is 0.493 e. The number of amides is 1. The number of nitrogens with zero attached hydrogens (tertiary/aromatic N) is 1. The molecule has 3 rings (SSSR count). The molecule has 0 aliphatic carbocycles. The standard InChI is InChI=1S/C20H20FNO3/c1-24-18-11-15-8-9-22(13-16(15)12-19(18)25-2)20(23)7-6-14-4-3-5-17(21)10-14/h3-7,10-12H,8-9,13H2,1-2H3. The lowest BCUT2D eigenvalue weighted by Gasteiger charge is -2.28. The summed E-state index contributed by atoms with van der Waals surface area (Å²) in [5, 5.41) is 0. The van der Waals surface area contributed by atoms with Crippen molar-refractivity contribution in [1.29, 1.82) is 0 Å². The molecule has 0 bridgehead atoms. The fraction of sp³-hybridized carbons (Fsp3) is 0.250. The Balaban J connectivity index is 1.74. The van der Waals surface area contributed by atoms with Gasteiger partial charge < -0.3 is 14.4 Å². The Morgan fingerprint density at radius 2 is 1.84 bits per heavy atom. The van der Waals surface area contributed by atoms with Crippen LogP contribution in [0.3, 0.4) is 0 Å². The topological polar surface area (TPSA) is 38.8 Å². The third-order valence-corrected chi connectivity index (χ3v) is 4.30. The Morgan fingerprint density at radius 1 is 1.12 bits per heavy atom. The lowest BCUT2D eigenvalue weighted by molar-refractivity contribution is -0.126. The van der Waals surface area contributed by atoms with Crippen LogP contribution in [0.4, 0.5) is 4.39 Å². The van der Waals surface area contributed by atoms with Gasteiger partial charge in [0, 0.05) is 19.2 Å². The highest BCUT2D eigenvalue weighted by Crippen LogP contribution is 2.33. The van der Waals surface area contributed by atoms with Gasteiger partial charge in [-0.1, -0.05) is 12.1 Å². The van der Waals surface area contributed by atoms with Gasteiger partial charge in [0.25, 0.3) is 0 Å². The van der Waals surface area contributed by atoms with E-state index < -0.39 is 0 Å². The number of ether oxygens (including phenoxy) is 2. The molecule has 0 aromatic heterocycles. The minimum atomic E-state index is -0.317. The fourth-order valence-electron chi connectivity index (χ4n) is 2.95. The minimum absolute atomic E-state index is 0.0929. The minimum Gasteiger partial charge on any atom is -0.493 e. The Morgan fingerprint density at radius 3 is 2.52 bits per heavy atom. The highest BCUT2D eigenvalue weighted by atomic mass is 19.1. The maximum absolute atomic E-state index is 13.2. The zero-order valence-corrected chi connectivity index (χ0v) is 14.3. The number of carbonyl (C=O) groups is 1. The van der Waals surface area contributed by atoms with Crippen LogP contribution in [0, 0.1) is 5.82 Å². The van der Waals surface area contributed by atoms with E-state index in [0.29, 0.717) is 30.2 Å². The van der Waals surface area contributed by atoms with Gasteiger partial charge in [0.05, 0.1) is 14.2 Å². The van der Waals surface area contributed by atoms with E-state index >= 15 is 0 Å². The van der Waals surface area contributed by atoms with Gasteiger partial charge in [-0.15, -0.1) is 0 Å². The smallest absolute Gasteiger partial charge is 0.246 e. The molecule has 0 fully saturated rings. The average Bonchev–Trinajstić information content (AvgIpc) is 2.64. The maximum atomic E-state index is 13.2. The van der Waals surface area contributed by atoms with E-state index in [1.807, 2.05) is 12.1 Å². The lowest BCUT2D eigenvalue weighted by Crippen LogP contribution is -2.34. The fourth-order valence-corrected chi connectivity index (χ4v) is 2.95. The highest BCUT2D eigenvalue weighted by Gasteiger charge is 2.21. The first-order valence-corrected chi connectivity index (χ1v) is 8.07. The Bertz CT molecular complexity index is 817. The maximum Gasteiger partial charge on any atom is 0.246 e. The van der Waals surface area contributed by atoms with Gasteiger partial charge in [-0.05, 0) is 53.5 Å². The SMILES string of the molecule is COc1cc2c(cc1OC)CN(C(=O)C=Cc1cccc(F)c1)CC2. The Kier molecular flexibility index (Phi) is 5.03. The van der Waals surface area contributed by atoms with E-state index in [2.05, 4.69) is 0 Å². The Labute approximate surface area is 146 Å². The molecule has 4 nitrogen and oxygen atoms in total. The zero-order valence-electron chi connectivity index (χ0n) is 14.3. The van der Waals surface area contributed by atoms with E-state index in [0.717, 1.165) is 17.5 Å². The predicted octanol–water partition coefficient (Wildman–Crippen LogP) is 3.44. The lowest BCUT2D eigenvalue weighted by atomic mass is 9.98. The molecule has 0 spiro atoms. The van der Waals surface area contributed by atoms with Crippen LogP contribution in [-0.2, 0) is 17.8 Å². The van der Waals surface area contributed by atoms with Gasteiger partial charge >= 0.3 is 0 Å². The van der Waals surface area contributed by atoms with Crippen LogP contribution in [0.2, 0.25) is 0 Å². The Hall–Kier alpha value is -2.82. The van der Waals surface area contributed by atoms with Crippen LogP contribution in [-0.4, -0.2) is 31.6 Å². The summed E-state index contributed by atoms with van der Waals surface area (Å²) in [5.74, 6) is 0.949. The molecule has 5 heteroatoms. The monoisotopic (exact) mass is 341 g/mol. The molecular weight excluding hydrogens is 321 g/mol. The molecule has 0 saturated heterocycles. The van der Waals surface area contributed by atoms with E-state index in [-0.39, 0.29) is 11.7 Å². The van der Waals surface area contributed by atoms with Crippen LogP contribution in [0.1, 0.15) is 16.7 Å². The van der Waals surface area contributed by atoms with Crippen molar-refractivity contribution < 1.29 is 18.7 Å². The summed E-state index contributed by atoms with van der Waals surface area (Å²) < 4.78 is 23.9. The van der Waals surface area contributed by atoms with Crippen molar-refractivity contribution >= 4 is 12.0 Å². The van der Waals surface area contributed by atoms with Gasteiger partial charge in [0.15, 0.2) is 11.5 Å². The van der Waals surface area contributed by atoms with Crippen LogP contribution in [0.15, 0.2) is 42.5 Å². The summed E-state index contributed by atoms with van der Waals surface area (Å²) in [5.41, 5.74) is 2.88. The normalized spacial score (nSPS) is 13.6. The van der Waals surface area contributed by atoms with Gasteiger partial charge in [-0.3, -0.25) is 4.79 Å². The van der Waals surface area contributed by atoms with Crippen molar-refractivity contribution in [2.75, 3.05) is 20.8 Å². The zero-order chi connectivity index (χ0) is 17.8. The second-order valence-corrected chi connectivity index (χ2v) is 5.87. The molecule has 0 unspecified atom stereocenters. The van der Waals surface area contributed by atoms with Crippen LogP contribution in [0.25, 0.3) is 6.08 Å². The van der Waals surface area contributed by atoms with Crippen LogP contribution in [0.5, 0.6) is 11.5 Å². The van der Waals surface area contributed by atoms with E-state index in [1.54, 1.807) is 37.3 Å². The molecule has 0 N–H and O–H groups in total. The molecule has 1 heterocycles. The molecule has 1 amide bonds.